The molecule has 6 nitrogen and oxygen atoms in total. The predicted molar refractivity (Wildman–Crippen MR) is 106 cm³/mol. The Labute approximate surface area is 160 Å². The van der Waals surface area contributed by atoms with E-state index in [0.29, 0.717) is 29.8 Å². The van der Waals surface area contributed by atoms with Crippen molar-refractivity contribution in [2.75, 3.05) is 13.2 Å². The van der Waals surface area contributed by atoms with Crippen LogP contribution in [0.5, 0.6) is 5.88 Å². The first kappa shape index (κ1) is 19.2. The molecule has 142 valence electrons. The molecule has 2 aromatic heterocycles. The zero-order valence-corrected chi connectivity index (χ0v) is 16.4. The van der Waals surface area contributed by atoms with Gasteiger partial charge in [-0.2, -0.15) is 0 Å². The third-order valence-electron chi connectivity index (χ3n) is 4.54. The summed E-state index contributed by atoms with van der Waals surface area (Å²) in [6, 6.07) is 1.88. The maximum Gasteiger partial charge on any atom is 0.252 e. The summed E-state index contributed by atoms with van der Waals surface area (Å²) in [4.78, 5) is 4.40. The van der Waals surface area contributed by atoms with E-state index in [1.807, 2.05) is 23.9 Å². The van der Waals surface area contributed by atoms with E-state index in [-0.39, 0.29) is 11.6 Å². The molecule has 0 bridgehead atoms. The van der Waals surface area contributed by atoms with Gasteiger partial charge in [0, 0.05) is 29.9 Å². The number of ether oxygens (including phenoxy) is 1. The van der Waals surface area contributed by atoms with Gasteiger partial charge in [-0.3, -0.25) is 4.68 Å². The van der Waals surface area contributed by atoms with Gasteiger partial charge in [-0.05, 0) is 24.5 Å². The van der Waals surface area contributed by atoms with Crippen LogP contribution in [-0.4, -0.2) is 27.9 Å². The molecule has 1 aliphatic heterocycles. The molecule has 1 atom stereocenters. The van der Waals surface area contributed by atoms with Crippen LogP contribution in [0.1, 0.15) is 49.6 Å². The molecule has 0 radical (unpaired) electrons. The van der Waals surface area contributed by atoms with Crippen LogP contribution in [0.3, 0.4) is 0 Å². The van der Waals surface area contributed by atoms with Crippen molar-refractivity contribution < 1.29 is 9.80 Å². The number of aromatic nitrogens is 3. The second kappa shape index (κ2) is 7.95. The summed E-state index contributed by atoms with van der Waals surface area (Å²) in [6.07, 6.45) is 11.1. The molecule has 3 heterocycles. The third kappa shape index (κ3) is 3.90. The monoisotopic (exact) mass is 366 g/mol. The van der Waals surface area contributed by atoms with Crippen molar-refractivity contribution >= 4 is 17.5 Å². The highest BCUT2D eigenvalue weighted by Crippen LogP contribution is 2.31. The number of terminal acetylenes is 1. The number of nitrogens with zero attached hydrogens (tertiary/aromatic N) is 3. The number of hydroxylamine groups is 1. The molecule has 1 aliphatic rings. The number of pyridine rings is 1. The Morgan fingerprint density at radius 2 is 2.22 bits per heavy atom. The highest BCUT2D eigenvalue weighted by Gasteiger charge is 2.27. The van der Waals surface area contributed by atoms with E-state index >= 15 is 0 Å². The van der Waals surface area contributed by atoms with Gasteiger partial charge >= 0.3 is 0 Å². The van der Waals surface area contributed by atoms with E-state index in [4.69, 9.17) is 11.2 Å². The predicted octanol–water partition coefficient (Wildman–Crippen LogP) is 2.35. The Morgan fingerprint density at radius 1 is 1.44 bits per heavy atom. The molecule has 3 rings (SSSR count). The fraction of sp³-hybridized carbons (Fsp3) is 0.429. The molecule has 0 aromatic carbocycles. The van der Waals surface area contributed by atoms with Gasteiger partial charge in [0.15, 0.2) is 0 Å². The van der Waals surface area contributed by atoms with Crippen molar-refractivity contribution in [2.45, 2.75) is 33.6 Å². The van der Waals surface area contributed by atoms with Gasteiger partial charge in [-0.25, -0.2) is 4.98 Å². The number of hydrogen-bond acceptors (Lipinski definition) is 4. The lowest BCUT2D eigenvalue weighted by Crippen LogP contribution is -3.03. The normalized spacial score (nSPS) is 16.0. The summed E-state index contributed by atoms with van der Waals surface area (Å²) in [6.45, 7) is 7.10. The number of nitrogens with one attached hydrogen (secondary N) is 1. The number of fused-ring (bicyclic) bond motifs is 1. The van der Waals surface area contributed by atoms with Crippen LogP contribution < -0.4 is 9.80 Å². The molecule has 0 saturated heterocycles. The van der Waals surface area contributed by atoms with E-state index in [2.05, 4.69) is 36.8 Å². The SMILES string of the molecule is C#Cc1cnc(OCC(C)C)c(C2=Cc3c(nn(C)c3CCC)[NH+]([O-])C2)c1. The molecule has 0 saturated carbocycles. The minimum atomic E-state index is 0.0152. The highest BCUT2D eigenvalue weighted by atomic mass is 16.5. The van der Waals surface area contributed by atoms with E-state index in [1.165, 1.54) is 0 Å². The Kier molecular flexibility index (Phi) is 5.64. The van der Waals surface area contributed by atoms with Gasteiger partial charge in [-0.15, -0.1) is 11.5 Å². The number of aryl methyl sites for hydroxylation is 1. The molecular formula is C21H26N4O2. The quantitative estimate of drug-likeness (QED) is 0.629. The third-order valence-corrected chi connectivity index (χ3v) is 4.54. The Bertz CT molecular complexity index is 906. The van der Waals surface area contributed by atoms with Gasteiger partial charge in [0.05, 0.1) is 17.9 Å². The fourth-order valence-electron chi connectivity index (χ4n) is 3.24. The lowest BCUT2D eigenvalue weighted by Gasteiger charge is -2.26. The van der Waals surface area contributed by atoms with Crippen molar-refractivity contribution in [2.24, 2.45) is 13.0 Å². The molecule has 27 heavy (non-hydrogen) atoms. The van der Waals surface area contributed by atoms with Crippen molar-refractivity contribution in [1.29, 1.82) is 0 Å². The van der Waals surface area contributed by atoms with Crippen LogP contribution in [0.15, 0.2) is 12.3 Å². The molecule has 0 amide bonds. The molecule has 0 fully saturated rings. The average Bonchev–Trinajstić information content (AvgIpc) is 2.96. The Hall–Kier alpha value is -2.62. The summed E-state index contributed by atoms with van der Waals surface area (Å²) in [5.41, 5.74) is 4.31. The Balaban J connectivity index is 2.09. The zero-order chi connectivity index (χ0) is 19.6. The van der Waals surface area contributed by atoms with Gasteiger partial charge < -0.3 is 15.0 Å². The van der Waals surface area contributed by atoms with Crippen LogP contribution in [0.25, 0.3) is 11.6 Å². The Morgan fingerprint density at radius 3 is 2.89 bits per heavy atom. The topological polar surface area (TPSA) is 67.4 Å². The largest absolute Gasteiger partial charge is 0.627 e. The molecular weight excluding hydrogens is 340 g/mol. The van der Waals surface area contributed by atoms with Gasteiger partial charge in [-0.1, -0.05) is 33.1 Å². The number of quaternary nitrogens is 1. The maximum atomic E-state index is 12.8. The van der Waals surface area contributed by atoms with E-state index < -0.39 is 0 Å². The number of hydrogen-bond donors (Lipinski definition) is 1. The zero-order valence-electron chi connectivity index (χ0n) is 16.4. The van der Waals surface area contributed by atoms with Crippen LogP contribution in [0, 0.1) is 23.5 Å². The smallest absolute Gasteiger partial charge is 0.252 e. The van der Waals surface area contributed by atoms with Crippen LogP contribution in [0.4, 0.5) is 5.82 Å². The van der Waals surface area contributed by atoms with E-state index in [1.54, 1.807) is 6.20 Å². The van der Waals surface area contributed by atoms with Gasteiger partial charge in [0.25, 0.3) is 5.82 Å². The van der Waals surface area contributed by atoms with Crippen molar-refractivity contribution in [3.63, 3.8) is 0 Å². The second-order valence-electron chi connectivity index (χ2n) is 7.28. The van der Waals surface area contributed by atoms with Crippen molar-refractivity contribution in [3.05, 3.63) is 39.9 Å². The van der Waals surface area contributed by atoms with Crippen molar-refractivity contribution in [3.8, 4) is 18.2 Å². The molecule has 1 unspecified atom stereocenters. The molecule has 0 spiro atoms. The molecule has 2 aromatic rings. The van der Waals surface area contributed by atoms with Crippen LogP contribution in [-0.2, 0) is 13.5 Å². The summed E-state index contributed by atoms with van der Waals surface area (Å²) >= 11 is 0. The fourth-order valence-corrected chi connectivity index (χ4v) is 3.24. The van der Waals surface area contributed by atoms with E-state index in [0.717, 1.165) is 35.2 Å². The summed E-state index contributed by atoms with van der Waals surface area (Å²) in [7, 11) is 1.89. The minimum absolute atomic E-state index is 0.0152. The summed E-state index contributed by atoms with van der Waals surface area (Å²) in [5, 5.41) is 17.2. The summed E-state index contributed by atoms with van der Waals surface area (Å²) < 4.78 is 7.72. The van der Waals surface area contributed by atoms with Crippen molar-refractivity contribution in [1.82, 2.24) is 14.8 Å². The van der Waals surface area contributed by atoms with Gasteiger partial charge in [0.1, 0.15) is 6.54 Å². The first-order chi connectivity index (χ1) is 12.9. The lowest BCUT2D eigenvalue weighted by molar-refractivity contribution is -0.770. The molecule has 6 heteroatoms. The van der Waals surface area contributed by atoms with Gasteiger partial charge in [0.2, 0.25) is 5.88 Å². The minimum Gasteiger partial charge on any atom is -0.627 e. The molecule has 0 aliphatic carbocycles. The second-order valence-corrected chi connectivity index (χ2v) is 7.28. The highest BCUT2D eigenvalue weighted by molar-refractivity contribution is 5.88. The van der Waals surface area contributed by atoms with Crippen LogP contribution >= 0.6 is 0 Å². The molecule has 1 N–H and O–H groups in total. The first-order valence-corrected chi connectivity index (χ1v) is 9.34. The number of rotatable bonds is 6. The first-order valence-electron chi connectivity index (χ1n) is 9.34. The lowest BCUT2D eigenvalue weighted by atomic mass is 9.98. The summed E-state index contributed by atoms with van der Waals surface area (Å²) in [5.74, 6) is 4.06. The average molecular weight is 366 g/mol. The van der Waals surface area contributed by atoms with E-state index in [9.17, 15) is 5.21 Å². The van der Waals surface area contributed by atoms with Crippen LogP contribution in [0.2, 0.25) is 0 Å². The standard InChI is InChI=1S/C21H26N4O2/c1-6-8-19-18-10-16(12-25(26)20(18)23-24(19)5)17-9-15(7-2)11-22-21(17)27-13-14(3)4/h2,9-11,14,25H,6,8,12-13H2,1,3-5H3. The maximum absolute atomic E-state index is 12.8.